The van der Waals surface area contributed by atoms with Crippen LogP contribution in [0, 0.1) is 10.4 Å². The number of quaternary nitrogens is 2. The van der Waals surface area contributed by atoms with E-state index in [2.05, 4.69) is 12.5 Å². The molecular formula is C8H24N4O4S. The fourth-order valence-corrected chi connectivity index (χ4v) is 4.62. The van der Waals surface area contributed by atoms with Crippen LogP contribution in [0.25, 0.3) is 0 Å². The Morgan fingerprint density at radius 3 is 1.53 bits per heavy atom. The Balaban J connectivity index is 4.09. The third-order valence-corrected chi connectivity index (χ3v) is 4.75. The van der Waals surface area contributed by atoms with Gasteiger partial charge in [-0.25, -0.2) is 10.0 Å². The summed E-state index contributed by atoms with van der Waals surface area (Å²) in [6.07, 6.45) is 3.68. The van der Waals surface area contributed by atoms with Crippen LogP contribution in [0.15, 0.2) is 0 Å². The lowest BCUT2D eigenvalue weighted by molar-refractivity contribution is -1.07. The van der Waals surface area contributed by atoms with E-state index in [0.29, 0.717) is 11.5 Å². The van der Waals surface area contributed by atoms with Crippen LogP contribution >= 0.6 is 10.0 Å². The van der Waals surface area contributed by atoms with E-state index in [0.717, 1.165) is 0 Å². The minimum absolute atomic E-state index is 0.238. The molecular weight excluding hydrogens is 248 g/mol. The van der Waals surface area contributed by atoms with Gasteiger partial charge in [0, 0.05) is 11.5 Å². The molecule has 4 atom stereocenters. The lowest BCUT2D eigenvalue weighted by atomic mass is 10.5. The third-order valence-electron chi connectivity index (χ3n) is 2.01. The molecule has 9 heteroatoms. The van der Waals surface area contributed by atoms with Crippen molar-refractivity contribution in [3.8, 4) is 0 Å². The van der Waals surface area contributed by atoms with Gasteiger partial charge in [0.1, 0.15) is 12.2 Å². The first-order valence-corrected chi connectivity index (χ1v) is 8.02. The van der Waals surface area contributed by atoms with E-state index in [1.54, 1.807) is 13.8 Å². The third kappa shape index (κ3) is 9.71. The molecule has 0 saturated carbocycles. The molecule has 0 aliphatic carbocycles. The molecule has 0 amide bonds. The molecule has 0 aromatic rings. The summed E-state index contributed by atoms with van der Waals surface area (Å²) in [6, 6.07) is 0. The highest BCUT2D eigenvalue weighted by molar-refractivity contribution is 8.32. The molecule has 106 valence electrons. The zero-order valence-corrected chi connectivity index (χ0v) is 11.6. The van der Waals surface area contributed by atoms with Crippen LogP contribution in [0.2, 0.25) is 0 Å². The van der Waals surface area contributed by atoms with E-state index in [1.807, 2.05) is 0 Å². The van der Waals surface area contributed by atoms with E-state index in [9.17, 15) is 10.4 Å². The maximum Gasteiger partial charge on any atom is 0.124 e. The van der Waals surface area contributed by atoms with Crippen molar-refractivity contribution in [1.29, 1.82) is 0 Å². The molecule has 0 aromatic heterocycles. The van der Waals surface area contributed by atoms with Crippen molar-refractivity contribution in [2.24, 2.45) is 11.7 Å². The van der Waals surface area contributed by atoms with Crippen LogP contribution < -0.4 is 22.4 Å². The predicted octanol–water partition coefficient (Wildman–Crippen LogP) is -2.80. The van der Waals surface area contributed by atoms with Crippen LogP contribution in [0.1, 0.15) is 13.8 Å². The molecule has 8 nitrogen and oxygen atoms in total. The van der Waals surface area contributed by atoms with Crippen molar-refractivity contribution < 1.29 is 20.3 Å². The van der Waals surface area contributed by atoms with E-state index in [-0.39, 0.29) is 12.2 Å². The molecule has 0 fully saturated rings. The Bertz CT molecular complexity index is 198. The highest BCUT2D eigenvalue weighted by atomic mass is 32.3. The maximum absolute atomic E-state index is 10.6. The fourth-order valence-electron chi connectivity index (χ4n) is 1.80. The van der Waals surface area contributed by atoms with Gasteiger partial charge in [-0.3, -0.25) is 0 Å². The first-order chi connectivity index (χ1) is 7.62. The average Bonchev–Trinajstić information content (AvgIpc) is 1.95. The van der Waals surface area contributed by atoms with Crippen molar-refractivity contribution in [3.05, 3.63) is 10.4 Å². The van der Waals surface area contributed by atoms with Gasteiger partial charge in [0.15, 0.2) is 0 Å². The summed E-state index contributed by atoms with van der Waals surface area (Å²) in [5, 5.41) is 19.6. The Morgan fingerprint density at radius 2 is 1.29 bits per heavy atom. The summed E-state index contributed by atoms with van der Waals surface area (Å²) in [5.74, 6) is 11.3. The second kappa shape index (κ2) is 7.46. The second-order valence-corrected chi connectivity index (χ2v) is 8.80. The monoisotopic (exact) mass is 272 g/mol. The molecule has 0 spiro atoms. The normalized spacial score (nSPS) is 20.7. The predicted molar refractivity (Wildman–Crippen MR) is 67.3 cm³/mol. The van der Waals surface area contributed by atoms with Gasteiger partial charge in [0.2, 0.25) is 0 Å². The molecule has 0 rings (SSSR count). The SMILES string of the molecule is CC(CS(C)(C)CC(C)O[NH+](N)[O-])O[NH+](N)[O-]. The van der Waals surface area contributed by atoms with Gasteiger partial charge in [-0.05, 0) is 26.4 Å². The summed E-state index contributed by atoms with van der Waals surface area (Å²) in [7, 11) is -1.04. The first-order valence-electron chi connectivity index (χ1n) is 5.23. The summed E-state index contributed by atoms with van der Waals surface area (Å²) < 4.78 is 0. The van der Waals surface area contributed by atoms with Crippen molar-refractivity contribution >= 4 is 10.0 Å². The summed E-state index contributed by atoms with van der Waals surface area (Å²) in [4.78, 5) is 9.75. The van der Waals surface area contributed by atoms with Crippen molar-refractivity contribution in [2.45, 2.75) is 26.1 Å². The quantitative estimate of drug-likeness (QED) is 0.279. The average molecular weight is 272 g/mol. The molecule has 0 aliphatic heterocycles. The zero-order chi connectivity index (χ0) is 13.6. The number of nitrogens with one attached hydrogen (secondary N) is 2. The molecule has 0 heterocycles. The zero-order valence-electron chi connectivity index (χ0n) is 10.8. The Morgan fingerprint density at radius 1 is 1.00 bits per heavy atom. The minimum Gasteiger partial charge on any atom is -0.580 e. The van der Waals surface area contributed by atoms with E-state index < -0.39 is 20.7 Å². The standard InChI is InChI=1S/C8H24N4O4S/c1-7(15-11(9)13)5-17(3,4)6-8(2)16-12(10)14/h7-8,11-12H,5-6,9-10H2,1-4H3. The summed E-state index contributed by atoms with van der Waals surface area (Å²) in [6.45, 7) is 3.58. The molecule has 0 radical (unpaired) electrons. The lowest BCUT2D eigenvalue weighted by Gasteiger charge is -2.35. The number of hydrogen-bond acceptors (Lipinski definition) is 6. The van der Waals surface area contributed by atoms with Crippen molar-refractivity contribution in [3.63, 3.8) is 0 Å². The second-order valence-electron chi connectivity index (χ2n) is 4.60. The van der Waals surface area contributed by atoms with Gasteiger partial charge in [0.05, 0.1) is 0 Å². The molecule has 6 N–H and O–H groups in total. The fraction of sp³-hybridized carbons (Fsp3) is 1.00. The molecule has 4 unspecified atom stereocenters. The number of hydrogen-bond donors (Lipinski definition) is 4. The Hall–Kier alpha value is 0.0300. The van der Waals surface area contributed by atoms with Crippen LogP contribution in [-0.2, 0) is 9.68 Å². The lowest BCUT2D eigenvalue weighted by Crippen LogP contribution is -3.13. The van der Waals surface area contributed by atoms with Crippen molar-refractivity contribution in [2.75, 3.05) is 24.0 Å². The van der Waals surface area contributed by atoms with E-state index in [4.69, 9.17) is 21.4 Å². The van der Waals surface area contributed by atoms with Gasteiger partial charge >= 0.3 is 0 Å². The molecule has 0 bridgehead atoms. The molecule has 0 saturated heterocycles. The van der Waals surface area contributed by atoms with Gasteiger partial charge in [-0.2, -0.15) is 9.68 Å². The largest absolute Gasteiger partial charge is 0.580 e. The van der Waals surface area contributed by atoms with Gasteiger partial charge < -0.3 is 10.4 Å². The first kappa shape index (κ1) is 17.0. The number of nitrogens with two attached hydrogens (primary N) is 2. The Kier molecular flexibility index (Phi) is 7.47. The highest BCUT2D eigenvalue weighted by Crippen LogP contribution is 2.41. The van der Waals surface area contributed by atoms with Crippen LogP contribution in [0.4, 0.5) is 0 Å². The van der Waals surface area contributed by atoms with Crippen LogP contribution in [0.3, 0.4) is 0 Å². The topological polar surface area (TPSA) is 126 Å². The minimum atomic E-state index is -1.04. The molecule has 17 heavy (non-hydrogen) atoms. The summed E-state index contributed by atoms with van der Waals surface area (Å²) >= 11 is 0. The van der Waals surface area contributed by atoms with E-state index >= 15 is 0 Å². The highest BCUT2D eigenvalue weighted by Gasteiger charge is 2.22. The molecule has 0 aliphatic rings. The van der Waals surface area contributed by atoms with Crippen LogP contribution in [0.5, 0.6) is 0 Å². The number of rotatable bonds is 8. The Labute approximate surface area is 103 Å². The smallest absolute Gasteiger partial charge is 0.124 e. The maximum atomic E-state index is 10.6. The van der Waals surface area contributed by atoms with Crippen LogP contribution in [-0.4, -0.2) is 36.2 Å². The van der Waals surface area contributed by atoms with Crippen molar-refractivity contribution in [1.82, 2.24) is 0 Å². The van der Waals surface area contributed by atoms with Gasteiger partial charge in [-0.15, -0.1) is 22.4 Å². The van der Waals surface area contributed by atoms with Gasteiger partial charge in [-0.1, -0.05) is 0 Å². The molecule has 0 aromatic carbocycles. The summed E-state index contributed by atoms with van der Waals surface area (Å²) in [5.41, 5.74) is 0. The van der Waals surface area contributed by atoms with Gasteiger partial charge in [0.25, 0.3) is 0 Å². The van der Waals surface area contributed by atoms with E-state index in [1.165, 1.54) is 0 Å².